The van der Waals surface area contributed by atoms with Gasteiger partial charge in [-0.15, -0.1) is 11.8 Å². The number of carbonyl (C=O) groups is 2. The molecule has 0 N–H and O–H groups in total. The first kappa shape index (κ1) is 24.0. The molecular weight excluding hydrogens is 410 g/mol. The summed E-state index contributed by atoms with van der Waals surface area (Å²) in [4.78, 5) is 26.0. The van der Waals surface area contributed by atoms with E-state index >= 15 is 0 Å². The van der Waals surface area contributed by atoms with Crippen molar-refractivity contribution in [3.8, 4) is 0 Å². The quantitative estimate of drug-likeness (QED) is 0.238. The Kier molecular flexibility index (Phi) is 9.96. The van der Waals surface area contributed by atoms with Crippen molar-refractivity contribution in [1.29, 1.82) is 0 Å². The van der Waals surface area contributed by atoms with Crippen LogP contribution in [0, 0.1) is 0 Å². The van der Waals surface area contributed by atoms with Crippen LogP contribution in [0.2, 0.25) is 0 Å². The van der Waals surface area contributed by atoms with Crippen LogP contribution >= 0.6 is 11.8 Å². The van der Waals surface area contributed by atoms with Crippen molar-refractivity contribution >= 4 is 23.7 Å². The molecule has 1 aromatic rings. The number of thioether (sulfide) groups is 1. The topological polar surface area (TPSA) is 120 Å². The van der Waals surface area contributed by atoms with Crippen molar-refractivity contribution in [3.63, 3.8) is 0 Å². The van der Waals surface area contributed by atoms with Crippen molar-refractivity contribution < 1.29 is 28.5 Å². The van der Waals surface area contributed by atoms with E-state index in [9.17, 15) is 9.59 Å². The predicted octanol–water partition coefficient (Wildman–Crippen LogP) is 3.27. The zero-order chi connectivity index (χ0) is 21.9. The van der Waals surface area contributed by atoms with Crippen LogP contribution in [0.5, 0.6) is 0 Å². The molecule has 1 aliphatic rings. The standard InChI is InChI=1S/C20H27N3O6S/c1-4-26-18-16(12-27-13(2)24)29-20(19(28-14(3)25)17(18)22-23-21)30-11-10-15-8-6-5-7-9-15/h5-9,16-20H,4,10-12H2,1-3H3/t16?,17?,18-,19?,20+/m0/s1. The molecule has 0 saturated carbocycles. The maximum atomic E-state index is 11.7. The lowest BCUT2D eigenvalue weighted by atomic mass is 9.97. The Morgan fingerprint density at radius 1 is 1.20 bits per heavy atom. The first-order chi connectivity index (χ1) is 14.5. The fourth-order valence-corrected chi connectivity index (χ4v) is 4.42. The van der Waals surface area contributed by atoms with Crippen LogP contribution in [0.25, 0.3) is 10.4 Å². The first-order valence-corrected chi connectivity index (χ1v) is 10.8. The molecule has 0 bridgehead atoms. The van der Waals surface area contributed by atoms with Crippen LogP contribution in [-0.4, -0.2) is 60.7 Å². The van der Waals surface area contributed by atoms with Gasteiger partial charge in [-0.05, 0) is 30.2 Å². The molecule has 164 valence electrons. The number of rotatable bonds is 10. The number of benzene rings is 1. The number of nitrogens with zero attached hydrogens (tertiary/aromatic N) is 3. The largest absolute Gasteiger partial charge is 0.463 e. The van der Waals surface area contributed by atoms with E-state index in [2.05, 4.69) is 10.0 Å². The number of azide groups is 1. The predicted molar refractivity (Wildman–Crippen MR) is 112 cm³/mol. The minimum Gasteiger partial charge on any atom is -0.463 e. The number of carbonyl (C=O) groups excluding carboxylic acids is 2. The fourth-order valence-electron chi connectivity index (χ4n) is 3.21. The van der Waals surface area contributed by atoms with Crippen molar-refractivity contribution in [2.75, 3.05) is 19.0 Å². The molecule has 0 aliphatic carbocycles. The molecule has 0 aromatic heterocycles. The number of aryl methyl sites for hydroxylation is 1. The second-order valence-electron chi connectivity index (χ2n) is 6.64. The summed E-state index contributed by atoms with van der Waals surface area (Å²) >= 11 is 1.45. The van der Waals surface area contributed by atoms with Crippen molar-refractivity contribution in [2.24, 2.45) is 5.11 Å². The van der Waals surface area contributed by atoms with Gasteiger partial charge in [-0.1, -0.05) is 35.4 Å². The third-order valence-electron chi connectivity index (χ3n) is 4.43. The van der Waals surface area contributed by atoms with E-state index in [1.165, 1.54) is 31.2 Å². The lowest BCUT2D eigenvalue weighted by Crippen LogP contribution is -2.59. The van der Waals surface area contributed by atoms with Crippen molar-refractivity contribution in [2.45, 2.75) is 57.0 Å². The van der Waals surface area contributed by atoms with Gasteiger partial charge in [-0.3, -0.25) is 9.59 Å². The number of ether oxygens (including phenoxy) is 4. The average molecular weight is 438 g/mol. The van der Waals surface area contributed by atoms with E-state index in [0.717, 1.165) is 6.42 Å². The maximum absolute atomic E-state index is 11.7. The summed E-state index contributed by atoms with van der Waals surface area (Å²) in [7, 11) is 0. The van der Waals surface area contributed by atoms with E-state index < -0.39 is 41.7 Å². The highest BCUT2D eigenvalue weighted by atomic mass is 32.2. The maximum Gasteiger partial charge on any atom is 0.303 e. The van der Waals surface area contributed by atoms with Gasteiger partial charge in [0, 0.05) is 25.4 Å². The Hall–Kier alpha value is -2.26. The Morgan fingerprint density at radius 2 is 1.93 bits per heavy atom. The highest BCUT2D eigenvalue weighted by Gasteiger charge is 2.48. The average Bonchev–Trinajstić information content (AvgIpc) is 2.71. The molecule has 2 rings (SSSR count). The summed E-state index contributed by atoms with van der Waals surface area (Å²) in [6, 6.07) is 9.14. The van der Waals surface area contributed by atoms with Gasteiger partial charge in [-0.2, -0.15) is 0 Å². The number of hydrogen-bond acceptors (Lipinski definition) is 8. The van der Waals surface area contributed by atoms with Crippen LogP contribution in [-0.2, 0) is 35.0 Å². The van der Waals surface area contributed by atoms with Crippen LogP contribution in [0.4, 0.5) is 0 Å². The molecule has 0 spiro atoms. The molecular formula is C20H27N3O6S. The van der Waals surface area contributed by atoms with Crippen LogP contribution in [0.15, 0.2) is 35.4 Å². The van der Waals surface area contributed by atoms with Crippen molar-refractivity contribution in [1.82, 2.24) is 0 Å². The Balaban J connectivity index is 2.21. The van der Waals surface area contributed by atoms with Gasteiger partial charge in [0.15, 0.2) is 0 Å². The minimum absolute atomic E-state index is 0.0556. The van der Waals surface area contributed by atoms with Gasteiger partial charge in [0.05, 0.1) is 6.10 Å². The molecule has 1 fully saturated rings. The summed E-state index contributed by atoms with van der Waals surface area (Å²) < 4.78 is 22.5. The van der Waals surface area contributed by atoms with E-state index in [1.807, 2.05) is 30.3 Å². The molecule has 1 saturated heterocycles. The van der Waals surface area contributed by atoms with Gasteiger partial charge in [0.2, 0.25) is 0 Å². The van der Waals surface area contributed by atoms with Crippen LogP contribution in [0.1, 0.15) is 26.3 Å². The molecule has 10 heteroatoms. The van der Waals surface area contributed by atoms with Gasteiger partial charge >= 0.3 is 11.9 Å². The van der Waals surface area contributed by atoms with Crippen LogP contribution < -0.4 is 0 Å². The summed E-state index contributed by atoms with van der Waals surface area (Å²) in [5, 5.41) is 3.86. The van der Waals surface area contributed by atoms with Gasteiger partial charge < -0.3 is 18.9 Å². The second-order valence-corrected chi connectivity index (χ2v) is 7.85. The molecule has 3 unspecified atom stereocenters. The molecule has 1 heterocycles. The molecule has 30 heavy (non-hydrogen) atoms. The third-order valence-corrected chi connectivity index (χ3v) is 5.58. The highest BCUT2D eigenvalue weighted by Crippen LogP contribution is 2.34. The van der Waals surface area contributed by atoms with E-state index in [1.54, 1.807) is 6.92 Å². The lowest BCUT2D eigenvalue weighted by molar-refractivity contribution is -0.198. The highest BCUT2D eigenvalue weighted by molar-refractivity contribution is 7.99. The Morgan fingerprint density at radius 3 is 2.53 bits per heavy atom. The molecule has 1 aromatic carbocycles. The Bertz CT molecular complexity index is 743. The van der Waals surface area contributed by atoms with Gasteiger partial charge in [0.1, 0.15) is 30.3 Å². The zero-order valence-electron chi connectivity index (χ0n) is 17.3. The SMILES string of the molecule is CCO[C@H]1C(COC(C)=O)O[C@H](SCCc2ccccc2)C(OC(C)=O)C1N=[N+]=[N-]. The van der Waals surface area contributed by atoms with Crippen molar-refractivity contribution in [3.05, 3.63) is 46.3 Å². The van der Waals surface area contributed by atoms with E-state index in [-0.39, 0.29) is 6.61 Å². The zero-order valence-corrected chi connectivity index (χ0v) is 18.1. The first-order valence-electron chi connectivity index (χ1n) is 9.73. The minimum atomic E-state index is -0.829. The normalized spacial score (nSPS) is 25.8. The van der Waals surface area contributed by atoms with Gasteiger partial charge in [-0.25, -0.2) is 0 Å². The summed E-state index contributed by atoms with van der Waals surface area (Å²) in [5.74, 6) is -0.275. The number of esters is 2. The lowest BCUT2D eigenvalue weighted by Gasteiger charge is -2.43. The molecule has 9 nitrogen and oxygen atoms in total. The van der Waals surface area contributed by atoms with Gasteiger partial charge in [0.25, 0.3) is 0 Å². The fraction of sp³-hybridized carbons (Fsp3) is 0.600. The number of hydrogen-bond donors (Lipinski definition) is 0. The summed E-state index contributed by atoms with van der Waals surface area (Å²) in [6.07, 6.45) is -1.43. The van der Waals surface area contributed by atoms with E-state index in [4.69, 9.17) is 24.5 Å². The van der Waals surface area contributed by atoms with Crippen LogP contribution in [0.3, 0.4) is 0 Å². The smallest absolute Gasteiger partial charge is 0.303 e. The molecule has 1 aliphatic heterocycles. The second kappa shape index (κ2) is 12.4. The summed E-state index contributed by atoms with van der Waals surface area (Å²) in [5.41, 5.74) is 9.66. The molecule has 0 amide bonds. The summed E-state index contributed by atoms with van der Waals surface area (Å²) in [6.45, 7) is 4.65. The monoisotopic (exact) mass is 437 g/mol. The molecule has 0 radical (unpaired) electrons. The van der Waals surface area contributed by atoms with E-state index in [0.29, 0.717) is 12.4 Å². The third kappa shape index (κ3) is 7.21. The molecule has 5 atom stereocenters. The Labute approximate surface area is 180 Å².